The Hall–Kier alpha value is -10.0. The average molecular weight is 1950 g/mol. The maximum atomic E-state index is 16.6. The van der Waals surface area contributed by atoms with E-state index in [0.717, 1.165) is 105 Å². The van der Waals surface area contributed by atoms with Crippen molar-refractivity contribution < 1.29 is 141 Å². The van der Waals surface area contributed by atoms with Crippen LogP contribution in [0, 0.1) is 11.3 Å². The zero-order valence-corrected chi connectivity index (χ0v) is 78.2. The van der Waals surface area contributed by atoms with Gasteiger partial charge >= 0.3 is 11.9 Å². The number of rotatable bonds is 37. The first-order valence-electron chi connectivity index (χ1n) is 43.3. The number of carbonyl (C=O) groups is 10. The SMILES string of the molecule is CCCCCCCCCCNCCN[C@@]1(C)C[C@H](O[C@H]2[C@H](Oc3c4cc5cc3Oc3ccc(cc3Cl)[C@@H](OC(=O)C(C)(C)CC(=O)NC(P=O)P=O)[C@@H](NC(=O)[C@@H](CC(C)C)NC)C(=O)N[C@@H](CC(N)=O)C(=O)N[C@H]5C(=O)N[C@H]3C(=O)N[C@H](C(=O)N[C@H](C(=O)O)c5cc(O)c(CNCP=O)c(O)c5-c5cc3ccc5O)[C@H](O)c3ccc(c(Cl)c3)O4)O[C@H](CO)[C@@H](O)[C@@H]2O)O[C@@H](C)[C@H]1O. The van der Waals surface area contributed by atoms with Gasteiger partial charge in [0.15, 0.2) is 66.9 Å². The Labute approximate surface area is 779 Å². The van der Waals surface area contributed by atoms with Crippen LogP contribution in [0.5, 0.6) is 46.0 Å². The van der Waals surface area contributed by atoms with Crippen molar-refractivity contribution in [2.75, 3.05) is 39.6 Å². The Bertz CT molecular complexity index is 5100. The molecule has 41 nitrogen and oxygen atoms in total. The van der Waals surface area contributed by atoms with Crippen molar-refractivity contribution in [1.29, 1.82) is 0 Å². The van der Waals surface area contributed by atoms with E-state index in [1.54, 1.807) is 27.7 Å². The quantitative estimate of drug-likeness (QED) is 0.0128. The van der Waals surface area contributed by atoms with Crippen LogP contribution in [0.4, 0.5) is 0 Å². The fraction of sp³-hybridized carbons (Fsp3) is 0.540. The van der Waals surface area contributed by atoms with Gasteiger partial charge < -0.3 is 143 Å². The number of unbranched alkanes of at least 4 members (excludes halogenated alkanes) is 7. The molecule has 46 heteroatoms. The molecule has 0 aromatic heterocycles. The molecule has 0 spiro atoms. The van der Waals surface area contributed by atoms with Crippen molar-refractivity contribution in [3.05, 3.63) is 116 Å². The number of phenols is 3. The summed E-state index contributed by atoms with van der Waals surface area (Å²) in [5.41, 5.74) is -2.57. The van der Waals surface area contributed by atoms with Gasteiger partial charge in [0.2, 0.25) is 59.3 Å². The smallest absolute Gasteiger partial charge is 0.330 e. The molecule has 0 radical (unpaired) electrons. The third-order valence-corrected chi connectivity index (χ3v) is 25.5. The lowest BCUT2D eigenvalue weighted by atomic mass is 9.85. The predicted molar refractivity (Wildman–Crippen MR) is 477 cm³/mol. The van der Waals surface area contributed by atoms with E-state index in [9.17, 15) is 78.8 Å². The fourth-order valence-electron chi connectivity index (χ4n) is 16.2. The Morgan fingerprint density at radius 1 is 0.707 bits per heavy atom. The summed E-state index contributed by atoms with van der Waals surface area (Å²) in [4.78, 5) is 150. The van der Waals surface area contributed by atoms with Gasteiger partial charge in [0.1, 0.15) is 83.4 Å². The lowest BCUT2D eigenvalue weighted by Crippen LogP contribution is -2.65. The van der Waals surface area contributed by atoms with Gasteiger partial charge in [-0.3, -0.25) is 56.8 Å². The number of benzene rings is 5. The topological polar surface area (TPSA) is 627 Å². The van der Waals surface area contributed by atoms with Crippen molar-refractivity contribution in [2.24, 2.45) is 17.1 Å². The van der Waals surface area contributed by atoms with Crippen LogP contribution in [0.3, 0.4) is 0 Å². The van der Waals surface area contributed by atoms with E-state index in [-0.39, 0.29) is 36.2 Å². The highest BCUT2D eigenvalue weighted by Crippen LogP contribution is 2.51. The fourth-order valence-corrected chi connectivity index (χ4v) is 17.4. The van der Waals surface area contributed by atoms with Crippen LogP contribution in [0.1, 0.15) is 189 Å². The highest BCUT2D eigenvalue weighted by molar-refractivity contribution is 7.44. The van der Waals surface area contributed by atoms with Crippen molar-refractivity contribution in [1.82, 2.24) is 58.5 Å². The Balaban J connectivity index is 1.21. The highest BCUT2D eigenvalue weighted by atomic mass is 35.5. The third kappa shape index (κ3) is 26.2. The Morgan fingerprint density at radius 3 is 1.95 bits per heavy atom. The largest absolute Gasteiger partial charge is 0.507 e. The number of carbonyl (C=O) groups excluding carboxylic acids is 9. The van der Waals surface area contributed by atoms with E-state index in [4.69, 9.17) is 62.1 Å². The van der Waals surface area contributed by atoms with E-state index in [0.29, 0.717) is 13.1 Å². The van der Waals surface area contributed by atoms with Crippen molar-refractivity contribution in [3.8, 4) is 57.1 Å². The monoisotopic (exact) mass is 1950 g/mol. The lowest BCUT2D eigenvalue weighted by Gasteiger charge is -2.48. The second kappa shape index (κ2) is 47.5. The molecule has 5 aromatic carbocycles. The minimum Gasteiger partial charge on any atom is -0.507 e. The average Bonchev–Trinajstić information content (AvgIpc) is 0.753. The number of likely N-dealkylation sites (N-methyl/N-ethyl adjacent to an activating group) is 1. The number of ether oxygens (including phenoxy) is 7. The van der Waals surface area contributed by atoms with Crippen LogP contribution in [-0.4, -0.2) is 229 Å². The minimum atomic E-state index is -2.49. The molecule has 7 aliphatic heterocycles. The Kier molecular flexibility index (Phi) is 37.5. The number of hydrogen-bond donors (Lipinski definition) is 21. The van der Waals surface area contributed by atoms with Gasteiger partial charge in [0, 0.05) is 54.7 Å². The Morgan fingerprint density at radius 2 is 1.33 bits per heavy atom. The van der Waals surface area contributed by atoms with Gasteiger partial charge in [0.25, 0.3) is 0 Å². The maximum Gasteiger partial charge on any atom is 0.330 e. The van der Waals surface area contributed by atoms with Crippen LogP contribution in [0.2, 0.25) is 10.0 Å². The molecule has 5 aromatic rings. The molecule has 133 heavy (non-hydrogen) atoms. The van der Waals surface area contributed by atoms with Crippen molar-refractivity contribution in [2.45, 2.75) is 247 Å². The molecule has 0 aliphatic carbocycles. The van der Waals surface area contributed by atoms with E-state index in [1.807, 2.05) is 0 Å². The normalized spacial score (nSPS) is 25.6. The van der Waals surface area contributed by atoms with Gasteiger partial charge in [-0.15, -0.1) is 0 Å². The number of fused-ring (bicyclic) bond motifs is 15. The summed E-state index contributed by atoms with van der Waals surface area (Å²) < 4.78 is 81.4. The molecule has 2 saturated heterocycles. The minimum absolute atomic E-state index is 0.0786. The van der Waals surface area contributed by atoms with Crippen molar-refractivity contribution >= 4 is 108 Å². The summed E-state index contributed by atoms with van der Waals surface area (Å²) >= 11 is 14.6. The molecule has 22 N–H and O–H groups in total. The van der Waals surface area contributed by atoms with Crippen molar-refractivity contribution in [3.63, 3.8) is 0 Å². The van der Waals surface area contributed by atoms with E-state index >= 15 is 28.8 Å². The molecule has 0 saturated carbocycles. The zero-order valence-electron chi connectivity index (χ0n) is 74.0. The van der Waals surface area contributed by atoms with Gasteiger partial charge in [0.05, 0.1) is 58.6 Å². The standard InChI is InChI=1S/C87H113Cl2N12O29P3/c1-9-10-11-12-13-14-15-16-23-92-24-25-94-87(7)35-61(124-40(4)75(87)111)128-74-71(110)70(109)58(37-102)127-83(74)129-73-56-30-44-31-57(73)126-55-22-19-43(29-49(55)89)72(130-84(120)86(5,6)34-60(106)96-85(132-122)133-123)67(101-76(112)50(91-8)26-39(2)3)81(117)95-51(33-59(90)105)77(113)97-64(44)79(115)98-63-41-17-20-52(103)45(27-41)62-46(32-53(104)47(69(62)108)36-93-38-131-121)65(82(118)119)99-80(116)66(100-78(63)114)68(107)42-18-21-54(125-56)48(88)28-42/h17-22,27-32,39-40,50-51,58,61,63-68,70-72,74-75,83,85,91-94,102-104,107-111H,9-16,23-26,33-38H2,1-8H3,(H2,90,105)(H,95,117)(H,96,106)(H,97,113)(H,98,115)(H,99,116)(H,100,114)(H,101,112)(H,118,119)/t40-,50+,51-,58+,61-,63+,64+,65-,66-,67+,68+,70+,71-,72+,74+,75+,83-,87-/m0/s1. The van der Waals surface area contributed by atoms with E-state index in [1.165, 1.54) is 46.2 Å². The number of hydrogen-bond acceptors (Lipinski definition) is 32. The summed E-state index contributed by atoms with van der Waals surface area (Å²) in [5, 5.41) is 135. The number of carboxylic acids is 1. The number of aliphatic carboxylic acids is 1. The number of aliphatic hydroxyl groups is 5. The van der Waals surface area contributed by atoms with Gasteiger partial charge in [-0.1, -0.05) is 107 Å². The predicted octanol–water partition coefficient (Wildman–Crippen LogP) is 5.76. The van der Waals surface area contributed by atoms with Gasteiger partial charge in [-0.2, -0.15) is 0 Å². The van der Waals surface area contributed by atoms with Crippen LogP contribution < -0.4 is 78.4 Å². The number of phenolic OH excluding ortho intramolecular Hbond substituents is 3. The van der Waals surface area contributed by atoms with Crippen LogP contribution in [0.25, 0.3) is 11.1 Å². The number of nitrogens with one attached hydrogen (secondary N) is 11. The first kappa shape index (κ1) is 105. The second-order valence-corrected chi connectivity index (χ2v) is 37.6. The molecule has 7 heterocycles. The summed E-state index contributed by atoms with van der Waals surface area (Å²) in [6.07, 6.45) is -11.4. The highest BCUT2D eigenvalue weighted by Gasteiger charge is 2.53. The van der Waals surface area contributed by atoms with E-state index in [2.05, 4.69) is 65.4 Å². The maximum absolute atomic E-state index is 16.6. The third-order valence-electron chi connectivity index (χ3n) is 23.4. The molecular formula is C87H113Cl2N12O29P3. The summed E-state index contributed by atoms with van der Waals surface area (Å²) in [6.45, 7) is 11.5. The molecule has 2 fully saturated rings. The molecule has 0 unspecified atom stereocenters. The second-order valence-electron chi connectivity index (χ2n) is 34.3. The molecular weight excluding hydrogens is 1840 g/mol. The number of nitrogens with two attached hydrogens (primary N) is 1. The number of primary amides is 1. The van der Waals surface area contributed by atoms with Gasteiger partial charge in [-0.05, 0) is 137 Å². The number of aliphatic hydroxyl groups excluding tert-OH is 5. The van der Waals surface area contributed by atoms with Crippen LogP contribution >= 0.6 is 48.6 Å². The number of amides is 8. The molecule has 8 amide bonds. The number of aromatic hydroxyl groups is 3. The summed E-state index contributed by atoms with van der Waals surface area (Å²) in [7, 11) is -0.585. The molecule has 18 atom stereocenters. The zero-order chi connectivity index (χ0) is 97.2. The van der Waals surface area contributed by atoms with Gasteiger partial charge in [-0.25, -0.2) is 4.79 Å². The van der Waals surface area contributed by atoms with Crippen LogP contribution in [0.15, 0.2) is 72.8 Å². The van der Waals surface area contributed by atoms with Crippen LogP contribution in [-0.2, 0) is 87.1 Å². The number of esters is 1. The summed E-state index contributed by atoms with van der Waals surface area (Å²) in [5.74, 6) is -19.8. The lowest BCUT2D eigenvalue weighted by molar-refractivity contribution is -0.334. The molecule has 724 valence electrons. The molecule has 7 aliphatic rings. The number of halogens is 2. The first-order valence-corrected chi connectivity index (χ1v) is 46.8. The van der Waals surface area contributed by atoms with E-state index < -0.39 is 320 Å². The first-order chi connectivity index (χ1) is 63.2. The summed E-state index contributed by atoms with van der Waals surface area (Å²) in [6, 6.07) is -2.96. The molecule has 12 rings (SSSR count). The molecule has 11 bridgehead atoms. The number of carboxylic acid groups (broad SMARTS) is 1.